The molecule has 0 aliphatic carbocycles. The van der Waals surface area contributed by atoms with Crippen molar-refractivity contribution in [2.24, 2.45) is 0 Å². The Hall–Kier alpha value is -1.65. The second-order valence-electron chi connectivity index (χ2n) is 3.76. The van der Waals surface area contributed by atoms with Gasteiger partial charge in [-0.15, -0.1) is 0 Å². The molecule has 1 heterocycles. The second kappa shape index (κ2) is 6.83. The Morgan fingerprint density at radius 2 is 2.24 bits per heavy atom. The van der Waals surface area contributed by atoms with Gasteiger partial charge in [-0.3, -0.25) is 4.79 Å². The van der Waals surface area contributed by atoms with Crippen LogP contribution in [0, 0.1) is 5.82 Å². The van der Waals surface area contributed by atoms with E-state index in [1.54, 1.807) is 7.05 Å². The molecule has 0 aromatic carbocycles. The normalized spacial score (nSPS) is 10.1. The summed E-state index contributed by atoms with van der Waals surface area (Å²) in [7, 11) is 1.65. The van der Waals surface area contributed by atoms with E-state index in [0.717, 1.165) is 25.5 Å². The lowest BCUT2D eigenvalue weighted by Gasteiger charge is -2.08. The van der Waals surface area contributed by atoms with Crippen molar-refractivity contribution >= 4 is 11.7 Å². The van der Waals surface area contributed by atoms with Crippen molar-refractivity contribution in [3.05, 3.63) is 23.6 Å². The Morgan fingerprint density at radius 3 is 2.88 bits per heavy atom. The lowest BCUT2D eigenvalue weighted by Crippen LogP contribution is -2.25. The molecule has 0 saturated carbocycles. The highest BCUT2D eigenvalue weighted by Crippen LogP contribution is 2.12. The minimum absolute atomic E-state index is 0.240. The smallest absolute Gasteiger partial charge is 0.255 e. The van der Waals surface area contributed by atoms with Gasteiger partial charge in [0.25, 0.3) is 5.91 Å². The maximum Gasteiger partial charge on any atom is 0.255 e. The summed E-state index contributed by atoms with van der Waals surface area (Å²) >= 11 is 0. The van der Waals surface area contributed by atoms with Crippen molar-refractivity contribution in [1.29, 1.82) is 0 Å². The summed E-state index contributed by atoms with van der Waals surface area (Å²) in [4.78, 5) is 15.6. The number of nitrogens with zero attached hydrogens (tertiary/aromatic N) is 1. The maximum atomic E-state index is 13.0. The summed E-state index contributed by atoms with van der Waals surface area (Å²) in [6.07, 6.45) is 4.18. The zero-order valence-corrected chi connectivity index (χ0v) is 10.2. The van der Waals surface area contributed by atoms with Crippen LogP contribution in [-0.4, -0.2) is 24.5 Å². The molecule has 0 unspecified atom stereocenters. The van der Waals surface area contributed by atoms with E-state index >= 15 is 0 Å². The standard InChI is InChI=1S/C12H18FN3O/c1-3-4-5-6-15-12(17)10-7-9(13)8-16-11(10)14-2/h7-8H,3-6H2,1-2H3,(H,14,16)(H,15,17). The number of rotatable bonds is 6. The number of anilines is 1. The number of unbranched alkanes of at least 4 members (excludes halogenated alkanes) is 2. The van der Waals surface area contributed by atoms with Gasteiger partial charge < -0.3 is 10.6 Å². The Kier molecular flexibility index (Phi) is 5.39. The minimum atomic E-state index is -0.511. The van der Waals surface area contributed by atoms with Crippen molar-refractivity contribution in [3.63, 3.8) is 0 Å². The van der Waals surface area contributed by atoms with Gasteiger partial charge in [0.15, 0.2) is 0 Å². The van der Waals surface area contributed by atoms with E-state index in [4.69, 9.17) is 0 Å². The third-order valence-corrected chi connectivity index (χ3v) is 2.40. The fourth-order valence-electron chi connectivity index (χ4n) is 1.48. The monoisotopic (exact) mass is 239 g/mol. The molecule has 0 atom stereocenters. The van der Waals surface area contributed by atoms with E-state index in [1.807, 2.05) is 0 Å². The summed E-state index contributed by atoms with van der Waals surface area (Å²) < 4.78 is 13.0. The number of aromatic nitrogens is 1. The van der Waals surface area contributed by atoms with Crippen LogP contribution in [0.4, 0.5) is 10.2 Å². The van der Waals surface area contributed by atoms with Crippen molar-refractivity contribution in [2.75, 3.05) is 18.9 Å². The number of halogens is 1. The lowest BCUT2D eigenvalue weighted by molar-refractivity contribution is 0.0953. The SMILES string of the molecule is CCCCCNC(=O)c1cc(F)cnc1NC. The third kappa shape index (κ3) is 4.01. The van der Waals surface area contributed by atoms with Crippen LogP contribution in [0.15, 0.2) is 12.3 Å². The number of nitrogens with one attached hydrogen (secondary N) is 2. The summed E-state index contributed by atoms with van der Waals surface area (Å²) in [5, 5.41) is 5.52. The molecule has 5 heteroatoms. The van der Waals surface area contributed by atoms with Gasteiger partial charge in [-0.05, 0) is 12.5 Å². The summed E-state index contributed by atoms with van der Waals surface area (Å²) in [5.74, 6) is -0.417. The van der Waals surface area contributed by atoms with E-state index in [0.29, 0.717) is 12.4 Å². The molecule has 0 aliphatic heterocycles. The van der Waals surface area contributed by atoms with Crippen molar-refractivity contribution in [2.45, 2.75) is 26.2 Å². The zero-order valence-electron chi connectivity index (χ0n) is 10.2. The van der Waals surface area contributed by atoms with Crippen molar-refractivity contribution < 1.29 is 9.18 Å². The van der Waals surface area contributed by atoms with Crippen LogP contribution >= 0.6 is 0 Å². The summed E-state index contributed by atoms with van der Waals surface area (Å²) in [6.45, 7) is 2.70. The first kappa shape index (κ1) is 13.4. The molecule has 0 bridgehead atoms. The molecule has 2 N–H and O–H groups in total. The first-order valence-corrected chi connectivity index (χ1v) is 5.80. The quantitative estimate of drug-likeness (QED) is 0.748. The Bertz CT molecular complexity index is 382. The van der Waals surface area contributed by atoms with Crippen LogP contribution in [0.5, 0.6) is 0 Å². The Labute approximate surface area is 101 Å². The number of carbonyl (C=O) groups is 1. The molecule has 0 spiro atoms. The zero-order chi connectivity index (χ0) is 12.7. The van der Waals surface area contributed by atoms with Gasteiger partial charge >= 0.3 is 0 Å². The molecule has 17 heavy (non-hydrogen) atoms. The van der Waals surface area contributed by atoms with E-state index in [9.17, 15) is 9.18 Å². The van der Waals surface area contributed by atoms with E-state index < -0.39 is 5.82 Å². The summed E-state index contributed by atoms with van der Waals surface area (Å²) in [5.41, 5.74) is 0.240. The predicted molar refractivity (Wildman–Crippen MR) is 65.6 cm³/mol. The van der Waals surface area contributed by atoms with E-state index in [2.05, 4.69) is 22.5 Å². The molecule has 1 aromatic heterocycles. The topological polar surface area (TPSA) is 54.0 Å². The number of amides is 1. The highest BCUT2D eigenvalue weighted by molar-refractivity contribution is 5.98. The summed E-state index contributed by atoms with van der Waals surface area (Å²) in [6, 6.07) is 1.19. The van der Waals surface area contributed by atoms with E-state index in [-0.39, 0.29) is 11.5 Å². The van der Waals surface area contributed by atoms with Gasteiger partial charge in [0, 0.05) is 13.6 Å². The van der Waals surface area contributed by atoms with Gasteiger partial charge in [0.1, 0.15) is 11.6 Å². The molecule has 0 aliphatic rings. The number of pyridine rings is 1. The van der Waals surface area contributed by atoms with Gasteiger partial charge in [-0.25, -0.2) is 9.37 Å². The molecule has 4 nitrogen and oxygen atoms in total. The fourth-order valence-corrected chi connectivity index (χ4v) is 1.48. The first-order chi connectivity index (χ1) is 8.19. The van der Waals surface area contributed by atoms with Crippen LogP contribution in [0.2, 0.25) is 0 Å². The average molecular weight is 239 g/mol. The maximum absolute atomic E-state index is 13.0. The number of hydrogen-bond donors (Lipinski definition) is 2. The van der Waals surface area contributed by atoms with Gasteiger partial charge in [0.2, 0.25) is 0 Å². The highest BCUT2D eigenvalue weighted by atomic mass is 19.1. The van der Waals surface area contributed by atoms with Crippen LogP contribution in [-0.2, 0) is 0 Å². The molecular formula is C12H18FN3O. The van der Waals surface area contributed by atoms with Crippen LogP contribution in [0.3, 0.4) is 0 Å². The first-order valence-electron chi connectivity index (χ1n) is 5.80. The molecule has 0 fully saturated rings. The fraction of sp³-hybridized carbons (Fsp3) is 0.500. The Balaban J connectivity index is 2.64. The van der Waals surface area contributed by atoms with Crippen LogP contribution in [0.25, 0.3) is 0 Å². The average Bonchev–Trinajstić information content (AvgIpc) is 2.34. The molecule has 94 valence electrons. The molecule has 1 amide bonds. The Morgan fingerprint density at radius 1 is 1.47 bits per heavy atom. The molecule has 1 aromatic rings. The minimum Gasteiger partial charge on any atom is -0.372 e. The van der Waals surface area contributed by atoms with Crippen molar-refractivity contribution in [1.82, 2.24) is 10.3 Å². The molecular weight excluding hydrogens is 221 g/mol. The third-order valence-electron chi connectivity index (χ3n) is 2.40. The van der Waals surface area contributed by atoms with Gasteiger partial charge in [0.05, 0.1) is 11.8 Å². The van der Waals surface area contributed by atoms with E-state index in [1.165, 1.54) is 6.07 Å². The lowest BCUT2D eigenvalue weighted by atomic mass is 10.2. The molecule has 1 rings (SSSR count). The van der Waals surface area contributed by atoms with Gasteiger partial charge in [-0.1, -0.05) is 19.8 Å². The second-order valence-corrected chi connectivity index (χ2v) is 3.76. The number of carbonyl (C=O) groups excluding carboxylic acids is 1. The largest absolute Gasteiger partial charge is 0.372 e. The van der Waals surface area contributed by atoms with Gasteiger partial charge in [-0.2, -0.15) is 0 Å². The van der Waals surface area contributed by atoms with Crippen LogP contribution in [0.1, 0.15) is 36.5 Å². The van der Waals surface area contributed by atoms with Crippen molar-refractivity contribution in [3.8, 4) is 0 Å². The molecule has 0 radical (unpaired) electrons. The molecule has 0 saturated heterocycles. The number of hydrogen-bond acceptors (Lipinski definition) is 3. The highest BCUT2D eigenvalue weighted by Gasteiger charge is 2.12. The predicted octanol–water partition coefficient (Wildman–Crippen LogP) is 2.18. The van der Waals surface area contributed by atoms with Crippen LogP contribution < -0.4 is 10.6 Å².